The van der Waals surface area contributed by atoms with Crippen LogP contribution in [0.3, 0.4) is 0 Å². The first kappa shape index (κ1) is 16.9. The summed E-state index contributed by atoms with van der Waals surface area (Å²) < 4.78 is 16.0. The first-order valence-electron chi connectivity index (χ1n) is 7.53. The predicted octanol–water partition coefficient (Wildman–Crippen LogP) is 3.77. The molecule has 1 aromatic carbocycles. The van der Waals surface area contributed by atoms with Crippen molar-refractivity contribution in [1.29, 1.82) is 0 Å². The maximum atomic E-state index is 11.6. The highest BCUT2D eigenvalue weighted by molar-refractivity contribution is 5.68. The molecule has 0 aliphatic rings. The largest absolute Gasteiger partial charge is 0.493 e. The lowest BCUT2D eigenvalue weighted by Gasteiger charge is -2.19. The van der Waals surface area contributed by atoms with Crippen molar-refractivity contribution in [3.63, 3.8) is 0 Å². The van der Waals surface area contributed by atoms with Crippen LogP contribution in [0.4, 0.5) is 4.79 Å². The summed E-state index contributed by atoms with van der Waals surface area (Å²) in [7, 11) is 0. The van der Waals surface area contributed by atoms with E-state index in [1.165, 1.54) is 0 Å². The molecule has 0 radical (unpaired) electrons. The summed E-state index contributed by atoms with van der Waals surface area (Å²) in [6.07, 6.45) is -0.495. The number of nitrogens with zero attached hydrogens (tertiary/aromatic N) is 1. The molecule has 2 aromatic rings. The Morgan fingerprint density at radius 2 is 2.04 bits per heavy atom. The Hall–Kier alpha value is -2.50. The summed E-state index contributed by atoms with van der Waals surface area (Å²) in [6, 6.07) is 9.37. The first-order valence-corrected chi connectivity index (χ1v) is 7.53. The van der Waals surface area contributed by atoms with Crippen LogP contribution < -0.4 is 10.1 Å². The number of para-hydroxylation sites is 1. The van der Waals surface area contributed by atoms with Gasteiger partial charge < -0.3 is 19.3 Å². The van der Waals surface area contributed by atoms with Gasteiger partial charge in [0.2, 0.25) is 0 Å². The average Bonchev–Trinajstić information content (AvgIpc) is 2.93. The standard InChI is InChI=1S/C17H22N2O4/c1-5-21-15-9-7-6-8-13(15)14-10-12(23-19-14)11-18-16(20)22-17(2,3)4/h6-10H,5,11H2,1-4H3,(H,18,20). The molecule has 6 nitrogen and oxygen atoms in total. The second kappa shape index (κ2) is 7.17. The van der Waals surface area contributed by atoms with Gasteiger partial charge in [0.25, 0.3) is 0 Å². The Labute approximate surface area is 135 Å². The maximum Gasteiger partial charge on any atom is 0.408 e. The van der Waals surface area contributed by atoms with E-state index < -0.39 is 11.7 Å². The highest BCUT2D eigenvalue weighted by atomic mass is 16.6. The fourth-order valence-corrected chi connectivity index (χ4v) is 1.96. The lowest BCUT2D eigenvalue weighted by atomic mass is 10.1. The Morgan fingerprint density at radius 3 is 2.74 bits per heavy atom. The van der Waals surface area contributed by atoms with Crippen molar-refractivity contribution in [3.05, 3.63) is 36.1 Å². The zero-order valence-electron chi connectivity index (χ0n) is 13.9. The molecule has 0 saturated carbocycles. The normalized spacial score (nSPS) is 11.1. The zero-order valence-corrected chi connectivity index (χ0v) is 13.9. The van der Waals surface area contributed by atoms with Crippen molar-refractivity contribution in [3.8, 4) is 17.0 Å². The number of alkyl carbamates (subject to hydrolysis) is 1. The third-order valence-electron chi connectivity index (χ3n) is 2.83. The van der Waals surface area contributed by atoms with Gasteiger partial charge in [0.05, 0.1) is 13.2 Å². The minimum atomic E-state index is -0.535. The van der Waals surface area contributed by atoms with Crippen LogP contribution in [-0.4, -0.2) is 23.5 Å². The van der Waals surface area contributed by atoms with Gasteiger partial charge in [-0.3, -0.25) is 0 Å². The van der Waals surface area contributed by atoms with E-state index in [1.54, 1.807) is 6.07 Å². The van der Waals surface area contributed by atoms with Crippen LogP contribution in [0, 0.1) is 0 Å². The summed E-state index contributed by atoms with van der Waals surface area (Å²) >= 11 is 0. The van der Waals surface area contributed by atoms with Crippen molar-refractivity contribution in [1.82, 2.24) is 10.5 Å². The van der Waals surface area contributed by atoms with Gasteiger partial charge in [-0.15, -0.1) is 0 Å². The molecule has 1 aromatic heterocycles. The number of amides is 1. The molecule has 0 unspecified atom stereocenters. The number of aromatic nitrogens is 1. The molecule has 23 heavy (non-hydrogen) atoms. The number of carbonyl (C=O) groups excluding carboxylic acids is 1. The molecule has 1 heterocycles. The van der Waals surface area contributed by atoms with Gasteiger partial charge in [0.15, 0.2) is 5.76 Å². The molecule has 124 valence electrons. The van der Waals surface area contributed by atoms with E-state index in [4.69, 9.17) is 14.0 Å². The number of nitrogens with one attached hydrogen (secondary N) is 1. The molecule has 0 saturated heterocycles. The molecule has 0 aliphatic heterocycles. The summed E-state index contributed by atoms with van der Waals surface area (Å²) in [6.45, 7) is 8.13. The van der Waals surface area contributed by atoms with Gasteiger partial charge in [-0.1, -0.05) is 17.3 Å². The second-order valence-corrected chi connectivity index (χ2v) is 5.96. The number of hydrogen-bond donors (Lipinski definition) is 1. The molecule has 1 amide bonds. The summed E-state index contributed by atoms with van der Waals surface area (Å²) in [5.74, 6) is 1.28. The van der Waals surface area contributed by atoms with Gasteiger partial charge in [-0.25, -0.2) is 4.79 Å². The van der Waals surface area contributed by atoms with E-state index in [1.807, 2.05) is 52.0 Å². The monoisotopic (exact) mass is 318 g/mol. The Morgan fingerprint density at radius 1 is 1.30 bits per heavy atom. The molecule has 0 bridgehead atoms. The van der Waals surface area contributed by atoms with Crippen LogP contribution in [-0.2, 0) is 11.3 Å². The van der Waals surface area contributed by atoms with Crippen molar-refractivity contribution in [2.24, 2.45) is 0 Å². The van der Waals surface area contributed by atoms with E-state index in [0.29, 0.717) is 18.1 Å². The van der Waals surface area contributed by atoms with Gasteiger partial charge in [-0.2, -0.15) is 0 Å². The van der Waals surface area contributed by atoms with Crippen LogP contribution in [0.15, 0.2) is 34.9 Å². The quantitative estimate of drug-likeness (QED) is 0.908. The van der Waals surface area contributed by atoms with E-state index in [2.05, 4.69) is 10.5 Å². The number of benzene rings is 1. The molecule has 6 heteroatoms. The van der Waals surface area contributed by atoms with Crippen LogP contribution in [0.5, 0.6) is 5.75 Å². The van der Waals surface area contributed by atoms with E-state index in [0.717, 1.165) is 11.3 Å². The van der Waals surface area contributed by atoms with Crippen molar-refractivity contribution >= 4 is 6.09 Å². The Balaban J connectivity index is 2.03. The van der Waals surface area contributed by atoms with Crippen molar-refractivity contribution in [2.75, 3.05) is 6.61 Å². The number of ether oxygens (including phenoxy) is 2. The van der Waals surface area contributed by atoms with Crippen LogP contribution in [0.25, 0.3) is 11.3 Å². The fraction of sp³-hybridized carbons (Fsp3) is 0.412. The van der Waals surface area contributed by atoms with Gasteiger partial charge in [0, 0.05) is 11.6 Å². The van der Waals surface area contributed by atoms with E-state index in [-0.39, 0.29) is 6.54 Å². The molecule has 0 aliphatic carbocycles. The Bertz CT molecular complexity index is 659. The number of carbonyl (C=O) groups is 1. The zero-order chi connectivity index (χ0) is 16.9. The highest BCUT2D eigenvalue weighted by Gasteiger charge is 2.17. The van der Waals surface area contributed by atoms with Crippen LogP contribution >= 0.6 is 0 Å². The average molecular weight is 318 g/mol. The lowest BCUT2D eigenvalue weighted by Crippen LogP contribution is -2.32. The molecule has 0 fully saturated rings. The minimum Gasteiger partial charge on any atom is -0.493 e. The molecule has 1 N–H and O–H groups in total. The smallest absolute Gasteiger partial charge is 0.408 e. The van der Waals surface area contributed by atoms with E-state index in [9.17, 15) is 4.79 Å². The fourth-order valence-electron chi connectivity index (χ4n) is 1.96. The third kappa shape index (κ3) is 5.02. The predicted molar refractivity (Wildman–Crippen MR) is 86.2 cm³/mol. The minimum absolute atomic E-state index is 0.207. The third-order valence-corrected chi connectivity index (χ3v) is 2.83. The van der Waals surface area contributed by atoms with Gasteiger partial charge >= 0.3 is 6.09 Å². The van der Waals surface area contributed by atoms with E-state index >= 15 is 0 Å². The highest BCUT2D eigenvalue weighted by Crippen LogP contribution is 2.29. The summed E-state index contributed by atoms with van der Waals surface area (Å²) in [5.41, 5.74) is 0.976. The van der Waals surface area contributed by atoms with Gasteiger partial charge in [-0.05, 0) is 39.8 Å². The number of hydrogen-bond acceptors (Lipinski definition) is 5. The van der Waals surface area contributed by atoms with Crippen molar-refractivity contribution < 1.29 is 18.8 Å². The van der Waals surface area contributed by atoms with Gasteiger partial charge in [0.1, 0.15) is 17.0 Å². The van der Waals surface area contributed by atoms with Crippen molar-refractivity contribution in [2.45, 2.75) is 39.8 Å². The molecule has 0 spiro atoms. The van der Waals surface area contributed by atoms with Crippen LogP contribution in [0.1, 0.15) is 33.5 Å². The first-order chi connectivity index (χ1) is 10.9. The molecular formula is C17H22N2O4. The molecule has 0 atom stereocenters. The topological polar surface area (TPSA) is 73.6 Å². The molecule has 2 rings (SSSR count). The maximum absolute atomic E-state index is 11.6. The number of rotatable bonds is 5. The Kier molecular flexibility index (Phi) is 5.26. The SMILES string of the molecule is CCOc1ccccc1-c1cc(CNC(=O)OC(C)(C)C)on1. The second-order valence-electron chi connectivity index (χ2n) is 5.96. The van der Waals surface area contributed by atoms with Crippen LogP contribution in [0.2, 0.25) is 0 Å². The summed E-state index contributed by atoms with van der Waals surface area (Å²) in [4.78, 5) is 11.6. The summed E-state index contributed by atoms with van der Waals surface area (Å²) in [5, 5.41) is 6.67. The molecular weight excluding hydrogens is 296 g/mol. The lowest BCUT2D eigenvalue weighted by molar-refractivity contribution is 0.0519.